The Labute approximate surface area is 195 Å². The fourth-order valence-electron chi connectivity index (χ4n) is 4.96. The van der Waals surface area contributed by atoms with Crippen molar-refractivity contribution < 1.29 is 19.1 Å². The number of fused-ring (bicyclic) bond motifs is 2. The van der Waals surface area contributed by atoms with Gasteiger partial charge in [-0.05, 0) is 102 Å². The highest BCUT2D eigenvalue weighted by Crippen LogP contribution is 2.45. The molecule has 33 heavy (non-hydrogen) atoms. The number of carbonyl (C=O) groups excluding carboxylic acids is 1. The second kappa shape index (κ2) is 9.62. The Morgan fingerprint density at radius 1 is 1.24 bits per heavy atom. The van der Waals surface area contributed by atoms with Crippen molar-refractivity contribution in [2.75, 3.05) is 0 Å². The topological polar surface area (TPSA) is 54.4 Å². The van der Waals surface area contributed by atoms with Crippen LogP contribution in [0.2, 0.25) is 0 Å². The molecular formula is C29H33FO3. The number of Topliss-reactive ketones (excluding diaryl/α,β-unsaturated/α-hetero) is 1. The normalized spacial score (nSPS) is 22.4. The summed E-state index contributed by atoms with van der Waals surface area (Å²) in [5, 5.41) is 9.69. The Morgan fingerprint density at radius 2 is 2.00 bits per heavy atom. The van der Waals surface area contributed by atoms with Crippen molar-refractivity contribution in [2.24, 2.45) is 17.8 Å². The lowest BCUT2D eigenvalue weighted by Gasteiger charge is -2.18. The molecule has 1 fully saturated rings. The number of carboxylic acids is 1. The maximum Gasteiger partial charge on any atom is 0.339 e. The van der Waals surface area contributed by atoms with Gasteiger partial charge in [-0.3, -0.25) is 4.79 Å². The molecule has 2 bridgehead atoms. The minimum atomic E-state index is -1.15. The maximum absolute atomic E-state index is 15.0. The van der Waals surface area contributed by atoms with E-state index >= 15 is 4.39 Å². The molecule has 1 aromatic carbocycles. The highest BCUT2D eigenvalue weighted by atomic mass is 19.1. The van der Waals surface area contributed by atoms with E-state index in [0.717, 1.165) is 65.5 Å². The predicted octanol–water partition coefficient (Wildman–Crippen LogP) is 6.84. The summed E-state index contributed by atoms with van der Waals surface area (Å²) in [4.78, 5) is 24.5. The maximum atomic E-state index is 15.0. The van der Waals surface area contributed by atoms with Crippen LogP contribution in [0.5, 0.6) is 0 Å². The molecular weight excluding hydrogens is 415 g/mol. The number of rotatable bonds is 6. The van der Waals surface area contributed by atoms with Gasteiger partial charge in [-0.2, -0.15) is 0 Å². The van der Waals surface area contributed by atoms with Crippen LogP contribution in [-0.4, -0.2) is 16.9 Å². The van der Waals surface area contributed by atoms with Crippen LogP contribution in [0.15, 0.2) is 58.7 Å². The fourth-order valence-corrected chi connectivity index (χ4v) is 4.96. The van der Waals surface area contributed by atoms with E-state index in [-0.39, 0.29) is 29.5 Å². The first kappa shape index (κ1) is 23.4. The van der Waals surface area contributed by atoms with Gasteiger partial charge in [-0.15, -0.1) is 0 Å². The van der Waals surface area contributed by atoms with Crippen LogP contribution in [0.1, 0.15) is 70.4 Å². The van der Waals surface area contributed by atoms with Crippen LogP contribution < -0.4 is 0 Å². The van der Waals surface area contributed by atoms with E-state index in [0.29, 0.717) is 18.3 Å². The van der Waals surface area contributed by atoms with Crippen molar-refractivity contribution in [1.29, 1.82) is 0 Å². The molecule has 0 amide bonds. The van der Waals surface area contributed by atoms with E-state index in [1.807, 2.05) is 12.1 Å². The average molecular weight is 449 g/mol. The van der Waals surface area contributed by atoms with Crippen LogP contribution in [0.25, 0.3) is 5.57 Å². The van der Waals surface area contributed by atoms with E-state index in [4.69, 9.17) is 0 Å². The molecule has 3 aliphatic rings. The molecule has 0 saturated heterocycles. The number of hydrogen-bond acceptors (Lipinski definition) is 2. The molecule has 174 valence electrons. The van der Waals surface area contributed by atoms with Gasteiger partial charge < -0.3 is 5.11 Å². The van der Waals surface area contributed by atoms with Gasteiger partial charge in [0.25, 0.3) is 0 Å². The van der Waals surface area contributed by atoms with Crippen LogP contribution in [0.4, 0.5) is 4.39 Å². The molecule has 1 N–H and O–H groups in total. The minimum absolute atomic E-state index is 0.102. The molecule has 4 heteroatoms. The summed E-state index contributed by atoms with van der Waals surface area (Å²) in [5.41, 5.74) is 5.64. The lowest BCUT2D eigenvalue weighted by atomic mass is 9.87. The molecule has 0 heterocycles. The van der Waals surface area contributed by atoms with Crippen LogP contribution in [-0.2, 0) is 16.0 Å². The summed E-state index contributed by atoms with van der Waals surface area (Å²) in [6, 6.07) is 5.55. The quantitative estimate of drug-likeness (QED) is 0.485. The Bertz CT molecular complexity index is 1100. The summed E-state index contributed by atoms with van der Waals surface area (Å²) in [7, 11) is 0. The third-order valence-corrected chi connectivity index (χ3v) is 7.43. The summed E-state index contributed by atoms with van der Waals surface area (Å²) in [5.74, 6) is -0.726. The Balaban J connectivity index is 1.84. The number of benzene rings is 1. The lowest BCUT2D eigenvalue weighted by molar-refractivity contribution is -0.134. The third kappa shape index (κ3) is 5.10. The summed E-state index contributed by atoms with van der Waals surface area (Å²) >= 11 is 0. The van der Waals surface area contributed by atoms with Gasteiger partial charge in [-0.25, -0.2) is 9.18 Å². The number of hydrogen-bond donors (Lipinski definition) is 1. The second-order valence-corrected chi connectivity index (χ2v) is 9.92. The summed E-state index contributed by atoms with van der Waals surface area (Å²) in [6.07, 6.45) is 11.2. The minimum Gasteiger partial charge on any atom is -0.478 e. The van der Waals surface area contributed by atoms with Crippen molar-refractivity contribution >= 4 is 17.3 Å². The molecule has 0 spiro atoms. The van der Waals surface area contributed by atoms with E-state index in [9.17, 15) is 14.7 Å². The van der Waals surface area contributed by atoms with Gasteiger partial charge >= 0.3 is 5.97 Å². The average Bonchev–Trinajstić information content (AvgIpc) is 3.62. The molecule has 0 radical (unpaired) electrons. The zero-order valence-electron chi connectivity index (χ0n) is 19.8. The van der Waals surface area contributed by atoms with Gasteiger partial charge in [0.1, 0.15) is 11.4 Å². The van der Waals surface area contributed by atoms with E-state index in [2.05, 4.69) is 32.9 Å². The van der Waals surface area contributed by atoms with Crippen molar-refractivity contribution in [2.45, 2.75) is 65.7 Å². The van der Waals surface area contributed by atoms with Crippen LogP contribution in [0.3, 0.4) is 0 Å². The van der Waals surface area contributed by atoms with Gasteiger partial charge in [0.15, 0.2) is 5.78 Å². The zero-order chi connectivity index (χ0) is 23.7. The predicted molar refractivity (Wildman–Crippen MR) is 129 cm³/mol. The lowest BCUT2D eigenvalue weighted by Crippen LogP contribution is -2.13. The molecule has 2 atom stereocenters. The third-order valence-electron chi connectivity index (χ3n) is 7.43. The summed E-state index contributed by atoms with van der Waals surface area (Å²) in [6.45, 7) is 6.31. The molecule has 2 unspecified atom stereocenters. The fraction of sp³-hybridized carbons (Fsp3) is 0.448. The number of ketones is 1. The van der Waals surface area contributed by atoms with Crippen molar-refractivity contribution in [3.63, 3.8) is 0 Å². The van der Waals surface area contributed by atoms with Gasteiger partial charge in [0, 0.05) is 6.42 Å². The SMILES string of the molecule is CCC(C)Cc1ccc(C2=C(C)C3=C(C4CC4)C=C(C(=O)O)C(=O)CCC(C=C2)C3)cc1F. The summed E-state index contributed by atoms with van der Waals surface area (Å²) < 4.78 is 15.0. The largest absolute Gasteiger partial charge is 0.478 e. The Kier molecular flexibility index (Phi) is 6.83. The van der Waals surface area contributed by atoms with Crippen molar-refractivity contribution in [3.8, 4) is 0 Å². The highest BCUT2D eigenvalue weighted by Gasteiger charge is 2.33. The second-order valence-electron chi connectivity index (χ2n) is 9.92. The van der Waals surface area contributed by atoms with Gasteiger partial charge in [0.2, 0.25) is 0 Å². The van der Waals surface area contributed by atoms with E-state index in [1.165, 1.54) is 0 Å². The molecule has 1 aromatic rings. The van der Waals surface area contributed by atoms with Crippen LogP contribution >= 0.6 is 0 Å². The molecule has 3 nitrogen and oxygen atoms in total. The van der Waals surface area contributed by atoms with Gasteiger partial charge in [-0.1, -0.05) is 44.6 Å². The first-order valence-electron chi connectivity index (χ1n) is 12.2. The number of carbonyl (C=O) groups is 2. The number of carboxylic acid groups (broad SMARTS) is 1. The van der Waals surface area contributed by atoms with E-state index in [1.54, 1.807) is 12.1 Å². The Morgan fingerprint density at radius 3 is 2.64 bits per heavy atom. The van der Waals surface area contributed by atoms with E-state index < -0.39 is 5.97 Å². The monoisotopic (exact) mass is 448 g/mol. The number of halogens is 1. The number of aliphatic carboxylic acids is 1. The Hall–Kier alpha value is -2.75. The molecule has 0 aliphatic heterocycles. The smallest absolute Gasteiger partial charge is 0.339 e. The first-order chi connectivity index (χ1) is 15.8. The van der Waals surface area contributed by atoms with Crippen LogP contribution in [0, 0.1) is 23.6 Å². The first-order valence-corrected chi connectivity index (χ1v) is 12.2. The highest BCUT2D eigenvalue weighted by molar-refractivity contribution is 6.17. The van der Waals surface area contributed by atoms with Gasteiger partial charge in [0.05, 0.1) is 0 Å². The molecule has 3 aliphatic carbocycles. The molecule has 4 rings (SSSR count). The zero-order valence-corrected chi connectivity index (χ0v) is 19.8. The number of allylic oxidation sites excluding steroid dienone is 7. The van der Waals surface area contributed by atoms with Crippen molar-refractivity contribution in [1.82, 2.24) is 0 Å². The molecule has 0 aromatic heterocycles. The van der Waals surface area contributed by atoms with Crippen molar-refractivity contribution in [3.05, 3.63) is 75.7 Å². The standard InChI is InChI=1S/C29H33FO3/c1-4-17(2)13-22-10-9-21(15-27(22)30)23-11-5-19-6-12-28(31)26(29(32)33)16-25(20-7-8-20)24(14-19)18(23)3/h5,9-11,15-17,19-20H,4,6-8,12-14H2,1-3H3,(H,32,33). The molecule has 1 saturated carbocycles.